The highest BCUT2D eigenvalue weighted by atomic mass is 35.5. The fraction of sp³-hybridized carbons (Fsp3) is 0.118. The van der Waals surface area contributed by atoms with E-state index in [1.165, 1.54) is 0 Å². The van der Waals surface area contributed by atoms with Crippen LogP contribution in [0.3, 0.4) is 0 Å². The zero-order valence-electron chi connectivity index (χ0n) is 11.6. The molecular weight excluding hydrogens is 319 g/mol. The lowest BCUT2D eigenvalue weighted by Crippen LogP contribution is -2.33. The van der Waals surface area contributed by atoms with Crippen molar-refractivity contribution in [2.45, 2.75) is 6.04 Å². The number of amides is 1. The van der Waals surface area contributed by atoms with E-state index in [2.05, 4.69) is 16.6 Å². The van der Waals surface area contributed by atoms with Gasteiger partial charge in [0.2, 0.25) is 5.91 Å². The van der Waals surface area contributed by atoms with Gasteiger partial charge in [0, 0.05) is 15.7 Å². The van der Waals surface area contributed by atoms with Crippen LogP contribution in [0.4, 0.5) is 5.69 Å². The van der Waals surface area contributed by atoms with Crippen LogP contribution in [0.2, 0.25) is 10.0 Å². The number of halogens is 2. The SMILES string of the molecule is C#CCN[C@@H](C(=O)Nc1cc(Cl)cc(Cl)c1)c1ccccc1. The van der Waals surface area contributed by atoms with Gasteiger partial charge in [0.1, 0.15) is 6.04 Å². The fourth-order valence-electron chi connectivity index (χ4n) is 2.01. The minimum Gasteiger partial charge on any atom is -0.324 e. The van der Waals surface area contributed by atoms with E-state index in [1.807, 2.05) is 30.3 Å². The molecule has 0 aliphatic heterocycles. The molecule has 1 atom stereocenters. The van der Waals surface area contributed by atoms with Crippen molar-refractivity contribution in [1.82, 2.24) is 5.32 Å². The molecule has 0 aliphatic carbocycles. The molecule has 0 heterocycles. The highest BCUT2D eigenvalue weighted by Crippen LogP contribution is 2.23. The first-order chi connectivity index (χ1) is 10.6. The largest absolute Gasteiger partial charge is 0.324 e. The first-order valence-corrected chi connectivity index (χ1v) is 7.34. The van der Waals surface area contributed by atoms with Gasteiger partial charge in [-0.2, -0.15) is 0 Å². The normalized spacial score (nSPS) is 11.5. The summed E-state index contributed by atoms with van der Waals surface area (Å²) in [6.45, 7) is 0.281. The maximum absolute atomic E-state index is 12.5. The topological polar surface area (TPSA) is 41.1 Å². The fourth-order valence-corrected chi connectivity index (χ4v) is 2.53. The maximum atomic E-state index is 12.5. The van der Waals surface area contributed by atoms with E-state index in [1.54, 1.807) is 18.2 Å². The van der Waals surface area contributed by atoms with E-state index in [4.69, 9.17) is 29.6 Å². The molecule has 0 aromatic heterocycles. The Hall–Kier alpha value is -1.99. The summed E-state index contributed by atoms with van der Waals surface area (Å²) in [6, 6.07) is 13.6. The van der Waals surface area contributed by atoms with Gasteiger partial charge in [0.15, 0.2) is 0 Å². The maximum Gasteiger partial charge on any atom is 0.246 e. The molecule has 2 aromatic rings. The number of carbonyl (C=O) groups is 1. The predicted octanol–water partition coefficient (Wildman–Crippen LogP) is 3.90. The van der Waals surface area contributed by atoms with Crippen LogP contribution in [0.5, 0.6) is 0 Å². The van der Waals surface area contributed by atoms with Crippen LogP contribution < -0.4 is 10.6 Å². The smallest absolute Gasteiger partial charge is 0.246 e. The number of nitrogens with one attached hydrogen (secondary N) is 2. The number of benzene rings is 2. The number of hydrogen-bond donors (Lipinski definition) is 2. The van der Waals surface area contributed by atoms with Crippen LogP contribution in [-0.2, 0) is 4.79 Å². The molecule has 0 bridgehead atoms. The van der Waals surface area contributed by atoms with Crippen LogP contribution >= 0.6 is 23.2 Å². The highest BCUT2D eigenvalue weighted by molar-refractivity contribution is 6.35. The second-order valence-corrected chi connectivity index (χ2v) is 5.45. The van der Waals surface area contributed by atoms with Crippen LogP contribution in [0, 0.1) is 12.3 Å². The Labute approximate surface area is 139 Å². The molecule has 22 heavy (non-hydrogen) atoms. The summed E-state index contributed by atoms with van der Waals surface area (Å²) in [5.74, 6) is 2.24. The molecule has 2 aromatic carbocycles. The van der Waals surface area contributed by atoms with Crippen molar-refractivity contribution in [3.05, 3.63) is 64.1 Å². The zero-order chi connectivity index (χ0) is 15.9. The van der Waals surface area contributed by atoms with Crippen molar-refractivity contribution in [2.24, 2.45) is 0 Å². The molecular formula is C17H14Cl2N2O. The van der Waals surface area contributed by atoms with Crippen LogP contribution in [0.25, 0.3) is 0 Å². The molecule has 1 amide bonds. The lowest BCUT2D eigenvalue weighted by molar-refractivity contribution is -0.118. The number of rotatable bonds is 5. The number of terminal acetylenes is 1. The van der Waals surface area contributed by atoms with Crippen LogP contribution in [0.1, 0.15) is 11.6 Å². The minimum atomic E-state index is -0.560. The average molecular weight is 333 g/mol. The van der Waals surface area contributed by atoms with E-state index in [-0.39, 0.29) is 12.5 Å². The molecule has 0 saturated heterocycles. The van der Waals surface area contributed by atoms with E-state index in [0.717, 1.165) is 5.56 Å². The first kappa shape index (κ1) is 16.4. The molecule has 5 heteroatoms. The number of anilines is 1. The Morgan fingerprint density at radius 1 is 1.14 bits per heavy atom. The molecule has 3 nitrogen and oxygen atoms in total. The summed E-state index contributed by atoms with van der Waals surface area (Å²) in [4.78, 5) is 12.5. The van der Waals surface area contributed by atoms with Gasteiger partial charge < -0.3 is 5.32 Å². The second-order valence-electron chi connectivity index (χ2n) is 4.58. The molecule has 2 rings (SSSR count). The predicted molar refractivity (Wildman–Crippen MR) is 91.1 cm³/mol. The van der Waals surface area contributed by atoms with Crippen molar-refractivity contribution in [2.75, 3.05) is 11.9 Å². The molecule has 0 saturated carbocycles. The van der Waals surface area contributed by atoms with Gasteiger partial charge in [-0.25, -0.2) is 0 Å². The van der Waals surface area contributed by atoms with Crippen molar-refractivity contribution in [3.8, 4) is 12.3 Å². The van der Waals surface area contributed by atoms with Crippen molar-refractivity contribution >= 4 is 34.8 Å². The molecule has 0 radical (unpaired) electrons. The van der Waals surface area contributed by atoms with Crippen LogP contribution in [-0.4, -0.2) is 12.5 Å². The van der Waals surface area contributed by atoms with E-state index < -0.39 is 6.04 Å². The summed E-state index contributed by atoms with van der Waals surface area (Å²) in [7, 11) is 0. The average Bonchev–Trinajstić information content (AvgIpc) is 2.47. The van der Waals surface area contributed by atoms with Gasteiger partial charge in [0.25, 0.3) is 0 Å². The molecule has 112 valence electrons. The van der Waals surface area contributed by atoms with Crippen molar-refractivity contribution < 1.29 is 4.79 Å². The Morgan fingerprint density at radius 2 is 1.77 bits per heavy atom. The Balaban J connectivity index is 2.20. The molecule has 0 fully saturated rings. The summed E-state index contributed by atoms with van der Waals surface area (Å²) >= 11 is 11.9. The second kappa shape index (κ2) is 7.86. The molecule has 0 aliphatic rings. The van der Waals surface area contributed by atoms with E-state index in [9.17, 15) is 4.79 Å². The van der Waals surface area contributed by atoms with E-state index >= 15 is 0 Å². The zero-order valence-corrected chi connectivity index (χ0v) is 13.2. The van der Waals surface area contributed by atoms with Gasteiger partial charge >= 0.3 is 0 Å². The third-order valence-electron chi connectivity index (χ3n) is 2.93. The lowest BCUT2D eigenvalue weighted by atomic mass is 10.1. The Morgan fingerprint density at radius 3 is 2.36 bits per heavy atom. The quantitative estimate of drug-likeness (QED) is 0.815. The standard InChI is InChI=1S/C17H14Cl2N2O/c1-2-8-20-16(12-6-4-3-5-7-12)17(22)21-15-10-13(18)9-14(19)11-15/h1,3-7,9-11,16,20H,8H2,(H,21,22)/t16-/m1/s1. The van der Waals surface area contributed by atoms with Gasteiger partial charge in [0.05, 0.1) is 6.54 Å². The molecule has 0 spiro atoms. The Kier molecular flexibility index (Phi) is 5.85. The highest BCUT2D eigenvalue weighted by Gasteiger charge is 2.19. The number of carbonyl (C=O) groups excluding carboxylic acids is 1. The first-order valence-electron chi connectivity index (χ1n) is 6.59. The third kappa shape index (κ3) is 4.51. The van der Waals surface area contributed by atoms with Gasteiger partial charge in [-0.1, -0.05) is 59.5 Å². The van der Waals surface area contributed by atoms with Crippen LogP contribution in [0.15, 0.2) is 48.5 Å². The van der Waals surface area contributed by atoms with Gasteiger partial charge in [-0.05, 0) is 23.8 Å². The minimum absolute atomic E-state index is 0.236. The molecule has 2 N–H and O–H groups in total. The third-order valence-corrected chi connectivity index (χ3v) is 3.37. The number of hydrogen-bond acceptors (Lipinski definition) is 2. The molecule has 0 unspecified atom stereocenters. The Bertz CT molecular complexity index is 675. The van der Waals surface area contributed by atoms with Gasteiger partial charge in [-0.3, -0.25) is 10.1 Å². The van der Waals surface area contributed by atoms with Gasteiger partial charge in [-0.15, -0.1) is 6.42 Å². The summed E-state index contributed by atoms with van der Waals surface area (Å²) in [5, 5.41) is 6.72. The lowest BCUT2D eigenvalue weighted by Gasteiger charge is -2.18. The summed E-state index contributed by atoms with van der Waals surface area (Å²) in [5.41, 5.74) is 1.36. The van der Waals surface area contributed by atoms with Crippen molar-refractivity contribution in [3.63, 3.8) is 0 Å². The summed E-state index contributed by atoms with van der Waals surface area (Å²) < 4.78 is 0. The van der Waals surface area contributed by atoms with Crippen molar-refractivity contribution in [1.29, 1.82) is 0 Å². The summed E-state index contributed by atoms with van der Waals surface area (Å²) in [6.07, 6.45) is 5.27. The monoisotopic (exact) mass is 332 g/mol. The van der Waals surface area contributed by atoms with E-state index in [0.29, 0.717) is 15.7 Å².